The van der Waals surface area contributed by atoms with Crippen molar-refractivity contribution in [3.8, 4) is 73.2 Å². The Kier molecular flexibility index (Phi) is 8.90. The number of hydrogen-bond acceptors (Lipinski definition) is 3. The first-order chi connectivity index (χ1) is 34.4. The number of rotatable bonds is 6. The molecule has 0 atom stereocenters. The quantitative estimate of drug-likeness (QED) is 0.156. The standard InChI is InChI=1S/C66H44N4/c1-66(2)59-30-14-13-29-54(59)56-39-58-57-38-46(45-31-33-53-51-27-10-9-25-49(51)50-26-11-12-28-52(50)55(53)37-45)32-34-61(57)70(62(58)40-60(56)66)65-68-63(47-23-15-21-43(35-47)41-17-5-3-6-18-41)67-64(69-65)48-24-16-22-44(36-48)42-19-7-4-8-20-42/h3-40H,1-2H3. The zero-order valence-corrected chi connectivity index (χ0v) is 38.7. The molecule has 0 saturated heterocycles. The van der Waals surface area contributed by atoms with Crippen molar-refractivity contribution in [1.29, 1.82) is 0 Å². The Morgan fingerprint density at radius 3 is 1.36 bits per heavy atom. The van der Waals surface area contributed by atoms with Crippen molar-refractivity contribution >= 4 is 54.1 Å². The molecule has 0 radical (unpaired) electrons. The molecule has 1 aliphatic carbocycles. The van der Waals surface area contributed by atoms with Crippen molar-refractivity contribution in [2.75, 3.05) is 0 Å². The smallest absolute Gasteiger partial charge is 0.238 e. The van der Waals surface area contributed by atoms with Gasteiger partial charge in [-0.25, -0.2) is 4.98 Å². The Hall–Kier alpha value is -8.99. The molecular formula is C66H44N4. The minimum atomic E-state index is -0.213. The lowest BCUT2D eigenvalue weighted by Crippen LogP contribution is -2.15. The molecule has 2 aromatic heterocycles. The topological polar surface area (TPSA) is 43.6 Å². The van der Waals surface area contributed by atoms with Crippen LogP contribution in [0, 0.1) is 0 Å². The van der Waals surface area contributed by atoms with Crippen LogP contribution in [0.1, 0.15) is 25.0 Å². The van der Waals surface area contributed by atoms with E-state index in [0.29, 0.717) is 17.6 Å². The predicted octanol–water partition coefficient (Wildman–Crippen LogP) is 17.1. The second-order valence-electron chi connectivity index (χ2n) is 19.2. The van der Waals surface area contributed by atoms with E-state index in [2.05, 4.69) is 249 Å². The van der Waals surface area contributed by atoms with Gasteiger partial charge in [-0.1, -0.05) is 202 Å². The van der Waals surface area contributed by atoms with E-state index in [9.17, 15) is 0 Å². The normalized spacial score (nSPS) is 12.8. The van der Waals surface area contributed by atoms with Crippen molar-refractivity contribution in [2.45, 2.75) is 19.3 Å². The number of benzene rings is 11. The average molecular weight is 893 g/mol. The molecule has 11 aromatic carbocycles. The maximum atomic E-state index is 5.47. The summed E-state index contributed by atoms with van der Waals surface area (Å²) in [5.74, 6) is 1.79. The maximum Gasteiger partial charge on any atom is 0.238 e. The van der Waals surface area contributed by atoms with E-state index < -0.39 is 0 Å². The van der Waals surface area contributed by atoms with Gasteiger partial charge in [-0.2, -0.15) is 9.97 Å². The van der Waals surface area contributed by atoms with Crippen LogP contribution >= 0.6 is 0 Å². The summed E-state index contributed by atoms with van der Waals surface area (Å²) in [6.07, 6.45) is 0. The second-order valence-corrected chi connectivity index (χ2v) is 19.2. The molecule has 0 aliphatic heterocycles. The highest BCUT2D eigenvalue weighted by Gasteiger charge is 2.36. The summed E-state index contributed by atoms with van der Waals surface area (Å²) in [6.45, 7) is 4.69. The van der Waals surface area contributed by atoms with Crippen LogP contribution in [0.2, 0.25) is 0 Å². The molecule has 0 N–H and O–H groups in total. The number of nitrogens with zero attached hydrogens (tertiary/aromatic N) is 4. The summed E-state index contributed by atoms with van der Waals surface area (Å²) in [4.78, 5) is 16.2. The highest BCUT2D eigenvalue weighted by Crippen LogP contribution is 2.51. The monoisotopic (exact) mass is 892 g/mol. The van der Waals surface area contributed by atoms with Gasteiger partial charge in [0.05, 0.1) is 11.0 Å². The molecule has 0 spiro atoms. The lowest BCUT2D eigenvalue weighted by molar-refractivity contribution is 0.661. The van der Waals surface area contributed by atoms with Crippen LogP contribution in [0.5, 0.6) is 0 Å². The first-order valence-corrected chi connectivity index (χ1v) is 24.1. The van der Waals surface area contributed by atoms with Crippen LogP contribution in [0.25, 0.3) is 127 Å². The van der Waals surface area contributed by atoms with E-state index in [-0.39, 0.29) is 5.41 Å². The zero-order valence-electron chi connectivity index (χ0n) is 38.7. The summed E-state index contributed by atoms with van der Waals surface area (Å²) < 4.78 is 2.28. The zero-order chi connectivity index (χ0) is 46.5. The Morgan fingerprint density at radius 2 is 0.743 bits per heavy atom. The van der Waals surface area contributed by atoms with Crippen LogP contribution in [0.4, 0.5) is 0 Å². The van der Waals surface area contributed by atoms with E-state index in [1.807, 2.05) is 0 Å². The van der Waals surface area contributed by atoms with Crippen molar-refractivity contribution in [1.82, 2.24) is 19.5 Å². The molecule has 4 nitrogen and oxygen atoms in total. The third kappa shape index (κ3) is 6.27. The molecule has 328 valence electrons. The van der Waals surface area contributed by atoms with Gasteiger partial charge < -0.3 is 0 Å². The minimum Gasteiger partial charge on any atom is -0.278 e. The number of fused-ring (bicyclic) bond motifs is 12. The van der Waals surface area contributed by atoms with Crippen molar-refractivity contribution in [2.24, 2.45) is 0 Å². The summed E-state index contributed by atoms with van der Waals surface area (Å²) in [7, 11) is 0. The Labute approximate surface area is 405 Å². The van der Waals surface area contributed by atoms with Crippen molar-refractivity contribution < 1.29 is 0 Å². The Balaban J connectivity index is 1.03. The average Bonchev–Trinajstić information content (AvgIpc) is 3.87. The molecule has 0 amide bonds. The van der Waals surface area contributed by atoms with Gasteiger partial charge >= 0.3 is 0 Å². The molecule has 2 heterocycles. The highest BCUT2D eigenvalue weighted by molar-refractivity contribution is 6.26. The van der Waals surface area contributed by atoms with Gasteiger partial charge in [-0.3, -0.25) is 4.57 Å². The molecule has 0 saturated carbocycles. The lowest BCUT2D eigenvalue weighted by atomic mass is 9.82. The van der Waals surface area contributed by atoms with E-state index in [1.165, 1.54) is 60.1 Å². The van der Waals surface area contributed by atoms with Crippen LogP contribution in [0.3, 0.4) is 0 Å². The molecule has 0 unspecified atom stereocenters. The van der Waals surface area contributed by atoms with Gasteiger partial charge in [0.25, 0.3) is 0 Å². The highest BCUT2D eigenvalue weighted by atomic mass is 15.2. The SMILES string of the molecule is CC1(C)c2ccccc2-c2cc3c4cc(-c5ccc6c7ccccc7c7ccccc7c6c5)ccc4n(-c4nc(-c5cccc(-c6ccccc6)c5)nc(-c5cccc(-c6ccccc6)c5)n4)c3cc21. The number of hydrogen-bond donors (Lipinski definition) is 0. The van der Waals surface area contributed by atoms with Gasteiger partial charge in [-0.05, 0) is 130 Å². The fourth-order valence-electron chi connectivity index (χ4n) is 11.4. The van der Waals surface area contributed by atoms with Crippen LogP contribution in [0.15, 0.2) is 231 Å². The van der Waals surface area contributed by atoms with E-state index in [1.54, 1.807) is 0 Å². The Morgan fingerprint density at radius 1 is 0.286 bits per heavy atom. The van der Waals surface area contributed by atoms with Crippen LogP contribution in [-0.2, 0) is 5.41 Å². The molecule has 0 fully saturated rings. The summed E-state index contributed by atoms with van der Waals surface area (Å²) in [5.41, 5.74) is 15.7. The van der Waals surface area contributed by atoms with Crippen molar-refractivity contribution in [3.05, 3.63) is 242 Å². The van der Waals surface area contributed by atoms with Gasteiger partial charge in [0, 0.05) is 27.3 Å². The first kappa shape index (κ1) is 40.1. The van der Waals surface area contributed by atoms with Gasteiger partial charge in [0.2, 0.25) is 5.95 Å². The van der Waals surface area contributed by atoms with Crippen molar-refractivity contribution in [3.63, 3.8) is 0 Å². The lowest BCUT2D eigenvalue weighted by Gasteiger charge is -2.21. The molecule has 0 bridgehead atoms. The molecule has 13 aromatic rings. The van der Waals surface area contributed by atoms with Gasteiger partial charge in [-0.15, -0.1) is 0 Å². The maximum absolute atomic E-state index is 5.47. The fraction of sp³-hybridized carbons (Fsp3) is 0.0455. The number of aromatic nitrogens is 4. The summed E-state index contributed by atoms with van der Waals surface area (Å²) in [5, 5.41) is 9.89. The van der Waals surface area contributed by atoms with Crippen LogP contribution < -0.4 is 0 Å². The third-order valence-electron chi connectivity index (χ3n) is 14.8. The molecule has 14 rings (SSSR count). The second kappa shape index (κ2) is 15.5. The molecular weight excluding hydrogens is 849 g/mol. The summed E-state index contributed by atoms with van der Waals surface area (Å²) >= 11 is 0. The molecule has 1 aliphatic rings. The largest absolute Gasteiger partial charge is 0.278 e. The summed E-state index contributed by atoms with van der Waals surface area (Å²) in [6, 6.07) is 83.3. The third-order valence-corrected chi connectivity index (χ3v) is 14.8. The van der Waals surface area contributed by atoms with E-state index in [4.69, 9.17) is 15.0 Å². The Bertz CT molecular complexity index is 4120. The molecule has 4 heteroatoms. The van der Waals surface area contributed by atoms with E-state index >= 15 is 0 Å². The van der Waals surface area contributed by atoms with Gasteiger partial charge in [0.15, 0.2) is 11.6 Å². The molecule has 70 heavy (non-hydrogen) atoms. The minimum absolute atomic E-state index is 0.213. The first-order valence-electron chi connectivity index (χ1n) is 24.1. The fourth-order valence-corrected chi connectivity index (χ4v) is 11.4. The van der Waals surface area contributed by atoms with Crippen LogP contribution in [-0.4, -0.2) is 19.5 Å². The predicted molar refractivity (Wildman–Crippen MR) is 291 cm³/mol. The van der Waals surface area contributed by atoms with Gasteiger partial charge in [0.1, 0.15) is 0 Å². The van der Waals surface area contributed by atoms with E-state index in [0.717, 1.165) is 60.8 Å².